The number of allylic oxidation sites excluding steroid dienone is 2. The van der Waals surface area contributed by atoms with Gasteiger partial charge in [0.05, 0.1) is 55.5 Å². The molecule has 0 saturated carbocycles. The Labute approximate surface area is 293 Å². The fraction of sp³-hybridized carbons (Fsp3) is 0.385. The van der Waals surface area contributed by atoms with E-state index >= 15 is 0 Å². The highest BCUT2D eigenvalue weighted by Crippen LogP contribution is 2.42. The first-order valence-electron chi connectivity index (χ1n) is 16.9. The van der Waals surface area contributed by atoms with E-state index in [2.05, 4.69) is 70.9 Å². The van der Waals surface area contributed by atoms with Gasteiger partial charge in [-0.1, -0.05) is 72.8 Å². The smallest absolute Gasteiger partial charge is 0.336 e. The van der Waals surface area contributed by atoms with Gasteiger partial charge in [0, 0.05) is 35.5 Å². The molecule has 1 saturated heterocycles. The lowest BCUT2D eigenvalue weighted by atomic mass is 9.68. The molecular weight excluding hydrogens is 638 g/mol. The van der Waals surface area contributed by atoms with E-state index < -0.39 is 22.8 Å². The summed E-state index contributed by atoms with van der Waals surface area (Å²) in [5.74, 6) is -2.23. The van der Waals surface area contributed by atoms with Crippen molar-refractivity contribution in [2.75, 3.05) is 59.8 Å². The number of likely N-dealkylation sites (tertiary alicyclic amines) is 1. The topological polar surface area (TPSA) is 129 Å². The summed E-state index contributed by atoms with van der Waals surface area (Å²) in [6.07, 6.45) is 2.09. The molecule has 3 aromatic rings. The minimum Gasteiger partial charge on any atom is -0.466 e. The van der Waals surface area contributed by atoms with Gasteiger partial charge >= 0.3 is 11.9 Å². The first-order chi connectivity index (χ1) is 24.2. The molecule has 11 nitrogen and oxygen atoms in total. The molecule has 50 heavy (non-hydrogen) atoms. The van der Waals surface area contributed by atoms with Crippen LogP contribution in [-0.2, 0) is 34.0 Å². The summed E-state index contributed by atoms with van der Waals surface area (Å²) in [5, 5.41) is 14.5. The van der Waals surface area contributed by atoms with E-state index in [0.29, 0.717) is 36.8 Å². The Morgan fingerprint density at radius 3 is 1.94 bits per heavy atom. The van der Waals surface area contributed by atoms with E-state index in [0.717, 1.165) is 32.5 Å². The Kier molecular flexibility index (Phi) is 12.5. The molecule has 1 atom stereocenters. The van der Waals surface area contributed by atoms with Gasteiger partial charge in [-0.15, -0.1) is 0 Å². The number of nitrogens with zero attached hydrogens (tertiary/aromatic N) is 2. The number of dihydropyridines is 1. The van der Waals surface area contributed by atoms with Crippen LogP contribution in [0.1, 0.15) is 49.3 Å². The molecule has 5 rings (SSSR count). The number of nitro benzene ring substituents is 1. The predicted molar refractivity (Wildman–Crippen MR) is 188 cm³/mol. The molecule has 2 heterocycles. The Balaban J connectivity index is 1.06. The normalized spacial score (nSPS) is 17.6. The number of nitrogens with one attached hydrogen (secondary N) is 1. The van der Waals surface area contributed by atoms with Crippen molar-refractivity contribution in [3.05, 3.63) is 134 Å². The standard InChI is InChI=1S/C39H45N3O8/c1-28-34(37(43)47-3)36(30-11-10-16-33(27-30)42(45)46)35(29(2)40-28)38(44)50-26-25-49-24-23-48-22-21-41-19-17-39(18-20-41,31-12-6-4-7-13-31)32-14-8-5-9-15-32/h4-16,27,36,40H,17-26H2,1-3H3. The van der Waals surface area contributed by atoms with Crippen LogP contribution in [0.2, 0.25) is 0 Å². The van der Waals surface area contributed by atoms with E-state index in [-0.39, 0.29) is 35.5 Å². The van der Waals surface area contributed by atoms with Crippen LogP contribution in [0, 0.1) is 10.1 Å². The number of non-ortho nitro benzene ring substituents is 1. The molecule has 0 amide bonds. The zero-order valence-corrected chi connectivity index (χ0v) is 28.9. The molecule has 0 aromatic heterocycles. The summed E-state index contributed by atoms with van der Waals surface area (Å²) < 4.78 is 22.1. The van der Waals surface area contributed by atoms with Crippen molar-refractivity contribution < 1.29 is 33.5 Å². The fourth-order valence-electron chi connectivity index (χ4n) is 7.00. The number of ether oxygens (including phenoxy) is 4. The number of hydrogen-bond donors (Lipinski definition) is 1. The molecule has 1 fully saturated rings. The third kappa shape index (κ3) is 8.47. The van der Waals surface area contributed by atoms with Gasteiger partial charge < -0.3 is 29.2 Å². The van der Waals surface area contributed by atoms with Crippen molar-refractivity contribution in [3.63, 3.8) is 0 Å². The number of hydrogen-bond acceptors (Lipinski definition) is 10. The van der Waals surface area contributed by atoms with Gasteiger partial charge in [-0.25, -0.2) is 9.59 Å². The van der Waals surface area contributed by atoms with Crippen LogP contribution in [0.5, 0.6) is 0 Å². The third-order valence-corrected chi connectivity index (χ3v) is 9.55. The van der Waals surface area contributed by atoms with E-state index in [1.54, 1.807) is 19.9 Å². The van der Waals surface area contributed by atoms with Gasteiger partial charge in [-0.05, 0) is 56.5 Å². The van der Waals surface area contributed by atoms with Crippen LogP contribution in [0.3, 0.4) is 0 Å². The molecule has 1 unspecified atom stereocenters. The Morgan fingerprint density at radius 1 is 0.800 bits per heavy atom. The fourth-order valence-corrected chi connectivity index (χ4v) is 7.00. The highest BCUT2D eigenvalue weighted by molar-refractivity contribution is 5.99. The quantitative estimate of drug-likeness (QED) is 0.0927. The summed E-state index contributed by atoms with van der Waals surface area (Å²) in [6.45, 7) is 7.67. The van der Waals surface area contributed by atoms with Crippen molar-refractivity contribution in [2.45, 2.75) is 38.0 Å². The number of nitro groups is 1. The average molecular weight is 684 g/mol. The molecule has 0 radical (unpaired) electrons. The molecule has 1 N–H and O–H groups in total. The molecule has 0 bridgehead atoms. The maximum Gasteiger partial charge on any atom is 0.336 e. The largest absolute Gasteiger partial charge is 0.466 e. The number of benzene rings is 3. The minimum absolute atomic E-state index is 0.0163. The van der Waals surface area contributed by atoms with Crippen LogP contribution in [0.15, 0.2) is 107 Å². The highest BCUT2D eigenvalue weighted by atomic mass is 16.6. The van der Waals surface area contributed by atoms with Gasteiger partial charge in [0.25, 0.3) is 5.69 Å². The van der Waals surface area contributed by atoms with Crippen molar-refractivity contribution in [2.24, 2.45) is 0 Å². The van der Waals surface area contributed by atoms with Crippen molar-refractivity contribution in [3.8, 4) is 0 Å². The lowest BCUT2D eigenvalue weighted by Gasteiger charge is -2.43. The summed E-state index contributed by atoms with van der Waals surface area (Å²) in [5.41, 5.74) is 4.30. The van der Waals surface area contributed by atoms with Crippen LogP contribution >= 0.6 is 0 Å². The first-order valence-corrected chi connectivity index (χ1v) is 16.9. The number of rotatable bonds is 15. The van der Waals surface area contributed by atoms with Crippen LogP contribution < -0.4 is 5.32 Å². The second-order valence-electron chi connectivity index (χ2n) is 12.5. The zero-order valence-electron chi connectivity index (χ0n) is 28.9. The SMILES string of the molecule is COC(=O)C1=C(C)NC(C)=C(C(=O)OCCOCCOCCN2CCC(c3ccccc3)(c3ccccc3)CC2)C1c1cccc([N+](=O)[O-])c1. The summed E-state index contributed by atoms with van der Waals surface area (Å²) >= 11 is 0. The molecule has 3 aromatic carbocycles. The lowest BCUT2D eigenvalue weighted by molar-refractivity contribution is -0.384. The molecular formula is C39H45N3O8. The maximum absolute atomic E-state index is 13.4. The molecule has 11 heteroatoms. The summed E-state index contributed by atoms with van der Waals surface area (Å²) in [6, 6.07) is 27.5. The monoisotopic (exact) mass is 683 g/mol. The second-order valence-corrected chi connectivity index (χ2v) is 12.5. The van der Waals surface area contributed by atoms with E-state index in [1.165, 1.54) is 36.4 Å². The first kappa shape index (κ1) is 36.4. The lowest BCUT2D eigenvalue weighted by Crippen LogP contribution is -2.44. The number of piperidine rings is 1. The van der Waals surface area contributed by atoms with Gasteiger partial charge in [0.1, 0.15) is 6.61 Å². The molecule has 2 aliphatic rings. The van der Waals surface area contributed by atoms with E-state index in [4.69, 9.17) is 18.9 Å². The van der Waals surface area contributed by atoms with Gasteiger partial charge in [-0.3, -0.25) is 10.1 Å². The van der Waals surface area contributed by atoms with Crippen molar-refractivity contribution in [1.29, 1.82) is 0 Å². The van der Waals surface area contributed by atoms with Crippen LogP contribution in [0.4, 0.5) is 5.69 Å². The molecule has 0 spiro atoms. The van der Waals surface area contributed by atoms with E-state index in [9.17, 15) is 19.7 Å². The van der Waals surface area contributed by atoms with Crippen LogP contribution in [-0.4, -0.2) is 81.5 Å². The Hall–Kier alpha value is -4.84. The molecule has 264 valence electrons. The Morgan fingerprint density at radius 2 is 1.36 bits per heavy atom. The summed E-state index contributed by atoms with van der Waals surface area (Å²) in [7, 11) is 1.24. The van der Waals surface area contributed by atoms with Crippen molar-refractivity contribution in [1.82, 2.24) is 10.2 Å². The number of carbonyl (C=O) groups is 2. The van der Waals surface area contributed by atoms with Gasteiger partial charge in [0.15, 0.2) is 0 Å². The number of esters is 2. The van der Waals surface area contributed by atoms with Crippen molar-refractivity contribution >= 4 is 17.6 Å². The average Bonchev–Trinajstić information content (AvgIpc) is 3.14. The maximum atomic E-state index is 13.4. The zero-order chi connectivity index (χ0) is 35.5. The molecule has 2 aliphatic heterocycles. The van der Waals surface area contributed by atoms with E-state index in [1.807, 2.05) is 0 Å². The van der Waals surface area contributed by atoms with Gasteiger partial charge in [0.2, 0.25) is 0 Å². The predicted octanol–water partition coefficient (Wildman–Crippen LogP) is 5.66. The van der Waals surface area contributed by atoms with Gasteiger partial charge in [-0.2, -0.15) is 0 Å². The molecule has 0 aliphatic carbocycles. The Bertz CT molecular complexity index is 1660. The number of carbonyl (C=O) groups excluding carboxylic acids is 2. The third-order valence-electron chi connectivity index (χ3n) is 9.55. The van der Waals surface area contributed by atoms with Crippen LogP contribution in [0.25, 0.3) is 0 Å². The number of methoxy groups -OCH3 is 1. The summed E-state index contributed by atoms with van der Waals surface area (Å²) in [4.78, 5) is 39.6. The highest BCUT2D eigenvalue weighted by Gasteiger charge is 2.39. The second kappa shape index (κ2) is 17.2. The minimum atomic E-state index is -0.918.